The van der Waals surface area contributed by atoms with Crippen molar-refractivity contribution in [3.63, 3.8) is 0 Å². The van der Waals surface area contributed by atoms with Gasteiger partial charge in [0.05, 0.1) is 10.9 Å². The van der Waals surface area contributed by atoms with E-state index < -0.39 is 0 Å². The van der Waals surface area contributed by atoms with Gasteiger partial charge in [-0.2, -0.15) is 0 Å². The van der Waals surface area contributed by atoms with Gasteiger partial charge in [-0.05, 0) is 19.1 Å². The molecule has 3 nitrogen and oxygen atoms in total. The largest absolute Gasteiger partial charge is 0.352 e. The van der Waals surface area contributed by atoms with Crippen molar-refractivity contribution >= 4 is 18.1 Å². The summed E-state index contributed by atoms with van der Waals surface area (Å²) < 4.78 is 0. The van der Waals surface area contributed by atoms with E-state index in [2.05, 4.69) is 23.5 Å². The highest BCUT2D eigenvalue weighted by atomic mass is 16.1. The molecule has 0 saturated heterocycles. The Morgan fingerprint density at radius 1 is 1.41 bits per heavy atom. The first-order chi connectivity index (χ1) is 8.24. The Morgan fingerprint density at radius 3 is 2.71 bits per heavy atom. The summed E-state index contributed by atoms with van der Waals surface area (Å²) >= 11 is 0. The highest BCUT2D eigenvalue weighted by Crippen LogP contribution is 1.88. The molecule has 1 amide bonds. The van der Waals surface area contributed by atoms with E-state index >= 15 is 0 Å². The lowest BCUT2D eigenvalue weighted by Gasteiger charge is -2.03. The number of amides is 1. The third kappa shape index (κ3) is 3.14. The molecule has 1 aromatic heterocycles. The molecule has 1 aromatic rings. The second kappa shape index (κ2) is 6.43. The summed E-state index contributed by atoms with van der Waals surface area (Å²) in [5, 5.41) is 4.24. The molecule has 0 bridgehead atoms. The lowest BCUT2D eigenvalue weighted by Crippen LogP contribution is -2.37. The van der Waals surface area contributed by atoms with Gasteiger partial charge in [-0.25, -0.2) is 0 Å². The number of hydrogen-bond acceptors (Lipinski definition) is 2. The number of nitrogens with one attached hydrogen (secondary N) is 1. The van der Waals surface area contributed by atoms with Gasteiger partial charge in [0.2, 0.25) is 0 Å². The summed E-state index contributed by atoms with van der Waals surface area (Å²) in [5.41, 5.74) is 0.592. The van der Waals surface area contributed by atoms with Crippen LogP contribution in [0.2, 0.25) is 0 Å². The van der Waals surface area contributed by atoms with Crippen LogP contribution in [-0.4, -0.2) is 17.4 Å². The van der Waals surface area contributed by atoms with Gasteiger partial charge in [-0.15, -0.1) is 0 Å². The Hall–Kier alpha value is -2.16. The normalized spacial score (nSPS) is 12.3. The van der Waals surface area contributed by atoms with E-state index in [1.807, 2.05) is 6.92 Å². The maximum Gasteiger partial charge on any atom is 0.252 e. The van der Waals surface area contributed by atoms with Crippen LogP contribution in [0.5, 0.6) is 0 Å². The summed E-state index contributed by atoms with van der Waals surface area (Å²) in [7, 11) is 0. The fourth-order valence-electron chi connectivity index (χ4n) is 1.48. The average Bonchev–Trinajstić information content (AvgIpc) is 2.32. The molecule has 0 saturated carbocycles. The van der Waals surface area contributed by atoms with Gasteiger partial charge in [0.1, 0.15) is 0 Å². The fourth-order valence-corrected chi connectivity index (χ4v) is 1.48. The Labute approximate surface area is 101 Å². The predicted molar refractivity (Wildman–Crippen MR) is 70.8 cm³/mol. The number of allylic oxidation sites excluding steroid dienone is 2. The number of aromatic nitrogens is 1. The number of carbonyl (C=O) groups excluding carboxylic acids is 1. The molecule has 3 heteroatoms. The average molecular weight is 228 g/mol. The number of carbonyl (C=O) groups is 1. The van der Waals surface area contributed by atoms with Gasteiger partial charge in [-0.1, -0.05) is 31.4 Å². The van der Waals surface area contributed by atoms with Crippen molar-refractivity contribution in [2.45, 2.75) is 6.92 Å². The second-order valence-electron chi connectivity index (χ2n) is 3.32. The molecular weight excluding hydrogens is 212 g/mol. The zero-order chi connectivity index (χ0) is 12.7. The van der Waals surface area contributed by atoms with Gasteiger partial charge in [0.25, 0.3) is 5.91 Å². The summed E-state index contributed by atoms with van der Waals surface area (Å²) in [5.74, 6) is -0.110. The first kappa shape index (κ1) is 12.9. The van der Waals surface area contributed by atoms with E-state index in [0.717, 1.165) is 5.22 Å². The monoisotopic (exact) mass is 228 g/mol. The molecule has 0 unspecified atom stereocenters. The van der Waals surface area contributed by atoms with Crippen molar-refractivity contribution in [1.29, 1.82) is 0 Å². The third-order valence-corrected chi connectivity index (χ3v) is 2.16. The minimum Gasteiger partial charge on any atom is -0.352 e. The number of rotatable bonds is 4. The van der Waals surface area contributed by atoms with Crippen molar-refractivity contribution in [1.82, 2.24) is 10.3 Å². The molecule has 1 rings (SSSR count). The molecule has 0 fully saturated rings. The minimum absolute atomic E-state index is 0.110. The van der Waals surface area contributed by atoms with Crippen LogP contribution in [0.25, 0.3) is 12.2 Å². The second-order valence-corrected chi connectivity index (χ2v) is 3.32. The minimum atomic E-state index is -0.110. The maximum atomic E-state index is 11.9. The van der Waals surface area contributed by atoms with Gasteiger partial charge < -0.3 is 5.32 Å². The number of hydrogen-bond donors (Lipinski definition) is 1. The van der Waals surface area contributed by atoms with Crippen LogP contribution in [0, 0.1) is 0 Å². The molecular formula is C14H16N2O. The lowest BCUT2D eigenvalue weighted by molar-refractivity contribution is 0.0954. The van der Waals surface area contributed by atoms with Crippen LogP contribution < -0.4 is 15.9 Å². The smallest absolute Gasteiger partial charge is 0.252 e. The SMILES string of the molecule is C=C/C=c1/c(C(=O)NCC)ccn/c1=C/C=C. The molecule has 88 valence electrons. The van der Waals surface area contributed by atoms with Gasteiger partial charge in [0.15, 0.2) is 0 Å². The zero-order valence-electron chi connectivity index (χ0n) is 9.94. The molecule has 17 heavy (non-hydrogen) atoms. The summed E-state index contributed by atoms with van der Waals surface area (Å²) in [6.45, 7) is 9.76. The molecule has 0 atom stereocenters. The summed E-state index contributed by atoms with van der Waals surface area (Å²) in [6.07, 6.45) is 8.43. The van der Waals surface area contributed by atoms with E-state index in [-0.39, 0.29) is 5.91 Å². The van der Waals surface area contributed by atoms with Crippen LogP contribution >= 0.6 is 0 Å². The van der Waals surface area contributed by atoms with Crippen LogP contribution in [-0.2, 0) is 0 Å². The Bertz CT molecular complexity index is 544. The lowest BCUT2D eigenvalue weighted by atomic mass is 10.1. The summed E-state index contributed by atoms with van der Waals surface area (Å²) in [6, 6.07) is 1.70. The quantitative estimate of drug-likeness (QED) is 0.827. The van der Waals surface area contributed by atoms with Crippen molar-refractivity contribution in [2.24, 2.45) is 0 Å². The zero-order valence-corrected chi connectivity index (χ0v) is 9.94. The number of nitrogens with zero attached hydrogens (tertiary/aromatic N) is 1. The van der Waals surface area contributed by atoms with Crippen molar-refractivity contribution in [3.8, 4) is 0 Å². The molecule has 1 heterocycles. The molecule has 0 radical (unpaired) electrons. The molecule has 1 N–H and O–H groups in total. The highest BCUT2D eigenvalue weighted by Gasteiger charge is 2.06. The van der Waals surface area contributed by atoms with Crippen molar-refractivity contribution < 1.29 is 4.79 Å². The molecule has 0 aromatic carbocycles. The van der Waals surface area contributed by atoms with Crippen LogP contribution in [0.3, 0.4) is 0 Å². The maximum absolute atomic E-state index is 11.9. The van der Waals surface area contributed by atoms with E-state index in [1.54, 1.807) is 36.6 Å². The molecule has 0 spiro atoms. The van der Waals surface area contributed by atoms with Gasteiger partial charge in [-0.3, -0.25) is 9.78 Å². The van der Waals surface area contributed by atoms with E-state index in [1.165, 1.54) is 0 Å². The van der Waals surface area contributed by atoms with Crippen molar-refractivity contribution in [3.05, 3.63) is 53.7 Å². The highest BCUT2D eigenvalue weighted by molar-refractivity contribution is 5.94. The molecule has 0 aliphatic rings. The Balaban J connectivity index is 3.52. The first-order valence-electron chi connectivity index (χ1n) is 5.43. The Kier molecular flexibility index (Phi) is 4.88. The molecule has 0 aliphatic carbocycles. The Morgan fingerprint density at radius 2 is 2.12 bits per heavy atom. The first-order valence-corrected chi connectivity index (χ1v) is 5.43. The topological polar surface area (TPSA) is 42.0 Å². The van der Waals surface area contributed by atoms with Crippen LogP contribution in [0.15, 0.2) is 37.6 Å². The van der Waals surface area contributed by atoms with Gasteiger partial charge >= 0.3 is 0 Å². The van der Waals surface area contributed by atoms with E-state index in [4.69, 9.17) is 0 Å². The standard InChI is InChI=1S/C14H16N2O/c1-4-7-11-12(14(17)15-6-3)9-10-16-13(11)8-5-2/h4-5,7-10H,1-2,6H2,3H3,(H,15,17)/b11-7-,13-8+. The fraction of sp³-hybridized carbons (Fsp3) is 0.143. The third-order valence-electron chi connectivity index (χ3n) is 2.16. The van der Waals surface area contributed by atoms with E-state index in [9.17, 15) is 4.79 Å². The van der Waals surface area contributed by atoms with Crippen LogP contribution in [0.4, 0.5) is 0 Å². The van der Waals surface area contributed by atoms with Gasteiger partial charge in [0, 0.05) is 18.0 Å². The number of pyridine rings is 1. The predicted octanol–water partition coefficient (Wildman–Crippen LogP) is 0.764. The summed E-state index contributed by atoms with van der Waals surface area (Å²) in [4.78, 5) is 16.1. The van der Waals surface area contributed by atoms with Crippen molar-refractivity contribution in [2.75, 3.05) is 6.54 Å². The molecule has 0 aliphatic heterocycles. The van der Waals surface area contributed by atoms with Crippen LogP contribution in [0.1, 0.15) is 17.3 Å². The van der Waals surface area contributed by atoms with E-state index in [0.29, 0.717) is 17.5 Å².